The van der Waals surface area contributed by atoms with Crippen LogP contribution in [0.25, 0.3) is 22.1 Å². The molecule has 2 saturated heterocycles. The molecular weight excluding hydrogens is 850 g/mol. The second kappa shape index (κ2) is 18.6. The number of hydrogen-bond donors (Lipinski definition) is 0. The van der Waals surface area contributed by atoms with Gasteiger partial charge in [0.05, 0.1) is 22.1 Å². The van der Waals surface area contributed by atoms with Gasteiger partial charge in [-0.2, -0.15) is 0 Å². The Morgan fingerprint density at radius 1 is 0.552 bits per heavy atom. The largest absolute Gasteiger partial charge is 0.381 e. The first-order valence-electron chi connectivity index (χ1n) is 19.8. The van der Waals surface area contributed by atoms with Crippen LogP contribution in [0.3, 0.4) is 0 Å². The molecule has 0 amide bonds. The Morgan fingerprint density at radius 2 is 1.00 bits per heavy atom. The number of fused-ring (bicyclic) bond motifs is 2. The minimum atomic E-state index is -0.0282. The molecule has 0 atom stereocenters. The number of ether oxygens (including phenoxy) is 2. The van der Waals surface area contributed by atoms with Crippen molar-refractivity contribution in [1.82, 2.24) is 29.1 Å². The smallest absolute Gasteiger partial charge is 0.131 e. The van der Waals surface area contributed by atoms with Gasteiger partial charge < -0.3 is 18.6 Å². The van der Waals surface area contributed by atoms with Crippen LogP contribution in [0, 0.1) is 11.8 Å². The molecule has 6 aromatic rings. The highest BCUT2D eigenvalue weighted by molar-refractivity contribution is 7.99. The molecule has 0 spiro atoms. The zero-order chi connectivity index (χ0) is 41.2. The van der Waals surface area contributed by atoms with Gasteiger partial charge in [0.2, 0.25) is 0 Å². The molecular formula is C44H50Cl4N6O2S2. The predicted molar refractivity (Wildman–Crippen MR) is 241 cm³/mol. The van der Waals surface area contributed by atoms with E-state index in [1.807, 2.05) is 18.2 Å². The first-order valence-corrected chi connectivity index (χ1v) is 22.9. The van der Waals surface area contributed by atoms with Gasteiger partial charge >= 0.3 is 0 Å². The maximum atomic E-state index is 6.12. The van der Waals surface area contributed by atoms with Crippen LogP contribution in [0.15, 0.2) is 80.4 Å². The molecule has 0 saturated carbocycles. The first-order chi connectivity index (χ1) is 27.6. The number of rotatable bonds is 8. The molecule has 0 aliphatic carbocycles. The lowest BCUT2D eigenvalue weighted by Crippen LogP contribution is -2.25. The van der Waals surface area contributed by atoms with Crippen molar-refractivity contribution in [3.63, 3.8) is 0 Å². The molecule has 2 aliphatic heterocycles. The number of nitrogens with zero attached hydrogens (tertiary/aromatic N) is 6. The summed E-state index contributed by atoms with van der Waals surface area (Å²) in [5, 5.41) is 2.56. The third kappa shape index (κ3) is 11.0. The Labute approximate surface area is 370 Å². The van der Waals surface area contributed by atoms with Gasteiger partial charge in [0.15, 0.2) is 0 Å². The van der Waals surface area contributed by atoms with Crippen LogP contribution < -0.4 is 0 Å². The predicted octanol–water partition coefficient (Wildman–Crippen LogP) is 13.2. The van der Waals surface area contributed by atoms with Gasteiger partial charge in [-0.05, 0) is 98.2 Å². The van der Waals surface area contributed by atoms with Crippen molar-refractivity contribution in [2.24, 2.45) is 11.8 Å². The van der Waals surface area contributed by atoms with E-state index in [1.165, 1.54) is 11.0 Å². The molecule has 2 aromatic carbocycles. The topological polar surface area (TPSA) is 79.9 Å². The molecule has 58 heavy (non-hydrogen) atoms. The van der Waals surface area contributed by atoms with Crippen molar-refractivity contribution < 1.29 is 9.47 Å². The van der Waals surface area contributed by atoms with Crippen LogP contribution >= 0.6 is 69.9 Å². The van der Waals surface area contributed by atoms with Gasteiger partial charge in [0, 0.05) is 70.1 Å². The zero-order valence-electron chi connectivity index (χ0n) is 33.8. The Balaban J connectivity index is 0.000000177. The maximum Gasteiger partial charge on any atom is 0.131 e. The summed E-state index contributed by atoms with van der Waals surface area (Å²) in [6.45, 7) is 18.8. The van der Waals surface area contributed by atoms with E-state index in [4.69, 9.17) is 65.8 Å². The molecule has 0 unspecified atom stereocenters. The lowest BCUT2D eigenvalue weighted by Gasteiger charge is -2.26. The number of aromatic nitrogens is 6. The maximum absolute atomic E-state index is 6.12. The van der Waals surface area contributed by atoms with Crippen LogP contribution in [0.4, 0.5) is 0 Å². The number of pyridine rings is 2. The van der Waals surface area contributed by atoms with Gasteiger partial charge in [0.25, 0.3) is 0 Å². The average Bonchev–Trinajstić information content (AvgIpc) is 3.70. The highest BCUT2D eigenvalue weighted by Gasteiger charge is 2.27. The number of benzene rings is 2. The van der Waals surface area contributed by atoms with Crippen LogP contribution in [0.1, 0.15) is 78.9 Å². The van der Waals surface area contributed by atoms with Gasteiger partial charge in [-0.1, -0.05) is 111 Å². The molecule has 14 heteroatoms. The van der Waals surface area contributed by atoms with Gasteiger partial charge in [-0.25, -0.2) is 19.9 Å². The van der Waals surface area contributed by atoms with Gasteiger partial charge in [-0.15, -0.1) is 0 Å². The highest BCUT2D eigenvalue weighted by Crippen LogP contribution is 2.37. The van der Waals surface area contributed by atoms with Crippen LogP contribution in [0.5, 0.6) is 0 Å². The average molecular weight is 901 g/mol. The number of halogens is 4. The molecule has 8 rings (SSSR count). The molecule has 308 valence electrons. The van der Waals surface area contributed by atoms with Crippen molar-refractivity contribution in [2.75, 3.05) is 26.4 Å². The lowest BCUT2D eigenvalue weighted by atomic mass is 9.94. The van der Waals surface area contributed by atoms with Crippen LogP contribution in [-0.2, 0) is 33.4 Å². The number of imidazole rings is 2. The van der Waals surface area contributed by atoms with Crippen molar-refractivity contribution in [1.29, 1.82) is 0 Å². The fourth-order valence-electron chi connectivity index (χ4n) is 7.49. The molecule has 4 aromatic heterocycles. The summed E-state index contributed by atoms with van der Waals surface area (Å²) >= 11 is 27.4. The van der Waals surface area contributed by atoms with Crippen molar-refractivity contribution in [3.8, 4) is 0 Å². The van der Waals surface area contributed by atoms with Gasteiger partial charge in [0.1, 0.15) is 32.1 Å². The van der Waals surface area contributed by atoms with E-state index in [9.17, 15) is 0 Å². The van der Waals surface area contributed by atoms with Crippen molar-refractivity contribution >= 4 is 92.0 Å². The third-order valence-electron chi connectivity index (χ3n) is 10.3. The fraction of sp³-hybridized carbons (Fsp3) is 0.455. The Morgan fingerprint density at radius 3 is 1.45 bits per heavy atom. The van der Waals surface area contributed by atoms with Crippen LogP contribution in [-0.4, -0.2) is 55.5 Å². The van der Waals surface area contributed by atoms with E-state index in [2.05, 4.69) is 97.0 Å². The minimum Gasteiger partial charge on any atom is -0.381 e. The molecule has 6 heterocycles. The third-order valence-corrected chi connectivity index (χ3v) is 12.9. The Bertz CT molecular complexity index is 2170. The van der Waals surface area contributed by atoms with E-state index < -0.39 is 0 Å². The number of hydrogen-bond acceptors (Lipinski definition) is 8. The quantitative estimate of drug-likeness (QED) is 0.140. The molecule has 8 nitrogen and oxygen atoms in total. The van der Waals surface area contributed by atoms with E-state index in [0.717, 1.165) is 108 Å². The molecule has 2 aliphatic rings. The lowest BCUT2D eigenvalue weighted by molar-refractivity contribution is 0.0610. The van der Waals surface area contributed by atoms with E-state index in [0.29, 0.717) is 32.3 Å². The minimum absolute atomic E-state index is 0.0242. The summed E-state index contributed by atoms with van der Waals surface area (Å²) in [7, 11) is 0. The van der Waals surface area contributed by atoms with Crippen molar-refractivity contribution in [3.05, 3.63) is 92.8 Å². The second-order valence-corrected chi connectivity index (χ2v) is 20.9. The standard InChI is InChI=1S/2C22H25Cl2N3OS/c1-22(2,3)21-25-17-12-16(29-20-11-15(23)10-19(24)26-20)4-5-18(17)27(21)13-14-6-8-28-9-7-14;1-22(2,3)21-25-17-10-15(29-16-11-19(23)26-20(24)12-16)4-5-18(17)27(21)13-14-6-8-28-9-7-14/h2*4-5,10-12,14H,6-9,13H2,1-3H3. The monoisotopic (exact) mass is 898 g/mol. The highest BCUT2D eigenvalue weighted by atomic mass is 35.5. The summed E-state index contributed by atoms with van der Waals surface area (Å²) in [5.74, 6) is 3.53. The molecule has 2 fully saturated rings. The van der Waals surface area contributed by atoms with Crippen LogP contribution in [0.2, 0.25) is 20.5 Å². The molecule has 0 N–H and O–H groups in total. The summed E-state index contributed by atoms with van der Waals surface area (Å²) in [6.07, 6.45) is 4.44. The summed E-state index contributed by atoms with van der Waals surface area (Å²) < 4.78 is 15.9. The Hall–Kier alpha value is -2.54. The van der Waals surface area contributed by atoms with E-state index >= 15 is 0 Å². The molecule has 0 bridgehead atoms. The second-order valence-electron chi connectivity index (χ2n) is 17.1. The summed E-state index contributed by atoms with van der Waals surface area (Å²) in [4.78, 5) is 21.6. The molecule has 0 radical (unpaired) electrons. The SMILES string of the molecule is CC(C)(C)c1nc2cc(Sc3cc(Cl)cc(Cl)n3)ccc2n1CC1CCOCC1.CC(C)(C)c1nc2cc(Sc3cc(Cl)nc(Cl)c3)ccc2n1CC1CCOCC1. The van der Waals surface area contributed by atoms with E-state index in [-0.39, 0.29) is 10.8 Å². The Kier molecular flexibility index (Phi) is 14.0. The summed E-state index contributed by atoms with van der Waals surface area (Å²) in [6, 6.07) is 20.0. The fourth-order valence-corrected chi connectivity index (χ4v) is 10.5. The van der Waals surface area contributed by atoms with E-state index in [1.54, 1.807) is 29.6 Å². The van der Waals surface area contributed by atoms with Gasteiger partial charge in [-0.3, -0.25) is 0 Å². The first kappa shape index (κ1) is 43.5. The van der Waals surface area contributed by atoms with Crippen molar-refractivity contribution in [2.45, 2.75) is 111 Å². The summed E-state index contributed by atoms with van der Waals surface area (Å²) in [5.41, 5.74) is 4.36. The normalized spacial score (nSPS) is 15.9. The zero-order valence-corrected chi connectivity index (χ0v) is 38.5.